The van der Waals surface area contributed by atoms with Crippen LogP contribution in [0.1, 0.15) is 43.2 Å². The molecule has 0 aliphatic heterocycles. The predicted molar refractivity (Wildman–Crippen MR) is 117 cm³/mol. The van der Waals surface area contributed by atoms with Crippen LogP contribution in [-0.4, -0.2) is 54.2 Å². The Bertz CT molecular complexity index is 913. The van der Waals surface area contributed by atoms with Gasteiger partial charge in [0.25, 0.3) is 0 Å². The Hall–Kier alpha value is -3.35. The van der Waals surface area contributed by atoms with E-state index < -0.39 is 18.1 Å². The minimum absolute atomic E-state index is 0.0781. The summed E-state index contributed by atoms with van der Waals surface area (Å²) in [7, 11) is 1.45. The van der Waals surface area contributed by atoms with E-state index in [1.807, 2.05) is 36.4 Å². The van der Waals surface area contributed by atoms with Gasteiger partial charge in [-0.05, 0) is 41.5 Å². The molecule has 0 saturated heterocycles. The Morgan fingerprint density at radius 2 is 1.61 bits per heavy atom. The smallest absolute Gasteiger partial charge is 0.410 e. The van der Waals surface area contributed by atoms with Crippen LogP contribution in [0.5, 0.6) is 0 Å². The van der Waals surface area contributed by atoms with Crippen LogP contribution >= 0.6 is 0 Å². The number of likely N-dealkylation sites (N-methyl/N-ethyl adjacent to an activating group) is 1. The molecule has 0 spiro atoms. The summed E-state index contributed by atoms with van der Waals surface area (Å²) in [5, 5.41) is 12.2. The second-order valence-electron chi connectivity index (χ2n) is 7.75. The molecular formula is C24H28N2O5. The van der Waals surface area contributed by atoms with Crippen molar-refractivity contribution in [3.05, 3.63) is 59.7 Å². The minimum Gasteiger partial charge on any atom is -0.480 e. The zero-order valence-corrected chi connectivity index (χ0v) is 17.8. The van der Waals surface area contributed by atoms with Crippen molar-refractivity contribution in [3.8, 4) is 11.1 Å². The quantitative estimate of drug-likeness (QED) is 0.600. The van der Waals surface area contributed by atoms with Gasteiger partial charge in [-0.1, -0.05) is 48.5 Å². The molecule has 2 aromatic carbocycles. The molecule has 0 bridgehead atoms. The average Bonchev–Trinajstić information content (AvgIpc) is 3.07. The van der Waals surface area contributed by atoms with Crippen molar-refractivity contribution in [3.63, 3.8) is 0 Å². The number of carbonyl (C=O) groups is 3. The standard InChI is InChI=1S/C24H28N2O5/c1-16(27)25-14-8-7-13-22(23(28)29)26(2)24(30)31-15-21-19-11-5-3-9-17(19)18-10-4-6-12-20(18)21/h3-6,9-12,21-22H,7-8,13-15H2,1-2H3,(H,25,27)(H,28,29)/t22-/m1/s1. The summed E-state index contributed by atoms with van der Waals surface area (Å²) in [4.78, 5) is 36.4. The maximum absolute atomic E-state index is 12.6. The molecule has 1 aliphatic rings. The SMILES string of the molecule is CC(=O)NCCCC[C@H](C(=O)O)N(C)C(=O)OCC1c2ccccc2-c2ccccc21. The lowest BCUT2D eigenvalue weighted by molar-refractivity contribution is -0.142. The van der Waals surface area contributed by atoms with Crippen LogP contribution in [0.4, 0.5) is 4.79 Å². The maximum atomic E-state index is 12.6. The summed E-state index contributed by atoms with van der Waals surface area (Å²) in [5.41, 5.74) is 4.48. The summed E-state index contributed by atoms with van der Waals surface area (Å²) in [6, 6.07) is 15.1. The Kier molecular flexibility index (Phi) is 7.28. The number of fused-ring (bicyclic) bond motifs is 3. The highest BCUT2D eigenvalue weighted by Crippen LogP contribution is 2.44. The van der Waals surface area contributed by atoms with E-state index in [0.29, 0.717) is 19.4 Å². The average molecular weight is 424 g/mol. The van der Waals surface area contributed by atoms with Gasteiger partial charge in [0, 0.05) is 26.4 Å². The van der Waals surface area contributed by atoms with Crippen molar-refractivity contribution in [1.29, 1.82) is 0 Å². The van der Waals surface area contributed by atoms with Crippen molar-refractivity contribution in [1.82, 2.24) is 10.2 Å². The fourth-order valence-electron chi connectivity index (χ4n) is 4.03. The van der Waals surface area contributed by atoms with E-state index in [-0.39, 0.29) is 24.9 Å². The summed E-state index contributed by atoms with van der Waals surface area (Å²) in [5.74, 6) is -1.27. The lowest BCUT2D eigenvalue weighted by atomic mass is 9.98. The van der Waals surface area contributed by atoms with Crippen LogP contribution in [0.3, 0.4) is 0 Å². The number of carboxylic acid groups (broad SMARTS) is 1. The molecule has 7 heteroatoms. The van der Waals surface area contributed by atoms with E-state index in [1.165, 1.54) is 14.0 Å². The topological polar surface area (TPSA) is 95.9 Å². The van der Waals surface area contributed by atoms with Gasteiger partial charge >= 0.3 is 12.1 Å². The molecule has 2 N–H and O–H groups in total. The number of ether oxygens (including phenoxy) is 1. The molecule has 7 nitrogen and oxygen atoms in total. The van der Waals surface area contributed by atoms with Crippen molar-refractivity contribution in [2.75, 3.05) is 20.2 Å². The highest BCUT2D eigenvalue weighted by Gasteiger charge is 2.31. The number of unbranched alkanes of at least 4 members (excludes halogenated alkanes) is 1. The van der Waals surface area contributed by atoms with Gasteiger partial charge in [-0.3, -0.25) is 9.69 Å². The third-order valence-corrected chi connectivity index (χ3v) is 5.65. The molecule has 31 heavy (non-hydrogen) atoms. The number of carbonyl (C=O) groups excluding carboxylic acids is 2. The normalized spacial score (nSPS) is 13.1. The maximum Gasteiger partial charge on any atom is 0.410 e. The summed E-state index contributed by atoms with van der Waals surface area (Å²) in [6.45, 7) is 2.06. The molecule has 0 heterocycles. The van der Waals surface area contributed by atoms with Crippen molar-refractivity contribution in [2.24, 2.45) is 0 Å². The zero-order chi connectivity index (χ0) is 22.4. The molecule has 1 aliphatic carbocycles. The van der Waals surface area contributed by atoms with Gasteiger partial charge in [-0.15, -0.1) is 0 Å². The van der Waals surface area contributed by atoms with Gasteiger partial charge in [-0.25, -0.2) is 9.59 Å². The van der Waals surface area contributed by atoms with Crippen LogP contribution in [-0.2, 0) is 14.3 Å². The molecule has 1 atom stereocenters. The molecule has 0 radical (unpaired) electrons. The number of amides is 2. The van der Waals surface area contributed by atoms with E-state index in [0.717, 1.165) is 27.2 Å². The summed E-state index contributed by atoms with van der Waals surface area (Å²) in [6.07, 6.45) is 0.839. The van der Waals surface area contributed by atoms with Crippen molar-refractivity contribution < 1.29 is 24.2 Å². The molecule has 3 rings (SSSR count). The molecule has 2 aromatic rings. The Labute approximate surface area is 182 Å². The monoisotopic (exact) mass is 424 g/mol. The van der Waals surface area contributed by atoms with Crippen LogP contribution in [0.15, 0.2) is 48.5 Å². The van der Waals surface area contributed by atoms with E-state index in [1.54, 1.807) is 0 Å². The Morgan fingerprint density at radius 3 is 2.16 bits per heavy atom. The molecule has 0 aromatic heterocycles. The van der Waals surface area contributed by atoms with E-state index in [4.69, 9.17) is 4.74 Å². The number of benzene rings is 2. The van der Waals surface area contributed by atoms with Crippen molar-refractivity contribution >= 4 is 18.0 Å². The largest absolute Gasteiger partial charge is 0.480 e. The van der Waals surface area contributed by atoms with E-state index in [2.05, 4.69) is 17.4 Å². The third kappa shape index (κ3) is 5.23. The fourth-order valence-corrected chi connectivity index (χ4v) is 4.03. The first-order chi connectivity index (χ1) is 14.9. The van der Waals surface area contributed by atoms with Crippen LogP contribution in [0.2, 0.25) is 0 Å². The predicted octanol–water partition coefficient (Wildman–Crippen LogP) is 3.63. The molecule has 0 saturated carbocycles. The van der Waals surface area contributed by atoms with Crippen LogP contribution in [0, 0.1) is 0 Å². The molecule has 164 valence electrons. The Balaban J connectivity index is 1.60. The summed E-state index contributed by atoms with van der Waals surface area (Å²) < 4.78 is 5.56. The zero-order valence-electron chi connectivity index (χ0n) is 17.8. The first kappa shape index (κ1) is 22.3. The molecular weight excluding hydrogens is 396 g/mol. The summed E-state index contributed by atoms with van der Waals surface area (Å²) >= 11 is 0. The van der Waals surface area contributed by atoms with Crippen LogP contribution < -0.4 is 5.32 Å². The molecule has 0 fully saturated rings. The fraction of sp³-hybridized carbons (Fsp3) is 0.375. The first-order valence-corrected chi connectivity index (χ1v) is 10.4. The van der Waals surface area contributed by atoms with E-state index >= 15 is 0 Å². The van der Waals surface area contributed by atoms with Gasteiger partial charge in [0.05, 0.1) is 0 Å². The van der Waals surface area contributed by atoms with Gasteiger partial charge < -0.3 is 15.2 Å². The Morgan fingerprint density at radius 1 is 1.03 bits per heavy atom. The number of hydrogen-bond acceptors (Lipinski definition) is 4. The van der Waals surface area contributed by atoms with Gasteiger partial charge in [0.15, 0.2) is 0 Å². The van der Waals surface area contributed by atoms with Gasteiger partial charge in [-0.2, -0.15) is 0 Å². The number of aliphatic carboxylic acids is 1. The molecule has 0 unspecified atom stereocenters. The first-order valence-electron chi connectivity index (χ1n) is 10.4. The number of nitrogens with zero attached hydrogens (tertiary/aromatic N) is 1. The lowest BCUT2D eigenvalue weighted by Gasteiger charge is -2.25. The van der Waals surface area contributed by atoms with Crippen LogP contribution in [0.25, 0.3) is 11.1 Å². The van der Waals surface area contributed by atoms with Crippen molar-refractivity contribution in [2.45, 2.75) is 38.1 Å². The van der Waals surface area contributed by atoms with Gasteiger partial charge in [0.2, 0.25) is 5.91 Å². The second kappa shape index (κ2) is 10.1. The van der Waals surface area contributed by atoms with Gasteiger partial charge in [0.1, 0.15) is 12.6 Å². The molecule has 2 amide bonds. The number of nitrogens with one attached hydrogen (secondary N) is 1. The number of carboxylic acids is 1. The number of rotatable bonds is 9. The lowest BCUT2D eigenvalue weighted by Crippen LogP contribution is -2.43. The number of hydrogen-bond donors (Lipinski definition) is 2. The highest BCUT2D eigenvalue weighted by molar-refractivity contribution is 5.81. The third-order valence-electron chi connectivity index (χ3n) is 5.65. The highest BCUT2D eigenvalue weighted by atomic mass is 16.6. The minimum atomic E-state index is -1.07. The second-order valence-corrected chi connectivity index (χ2v) is 7.75. The van der Waals surface area contributed by atoms with E-state index in [9.17, 15) is 19.5 Å².